The molecule has 0 fully saturated rings. The van der Waals surface area contributed by atoms with Crippen molar-refractivity contribution in [3.63, 3.8) is 0 Å². The van der Waals surface area contributed by atoms with Gasteiger partial charge in [0.15, 0.2) is 6.61 Å². The normalized spacial score (nSPS) is 11.8. The summed E-state index contributed by atoms with van der Waals surface area (Å²) in [7, 11) is 0. The summed E-state index contributed by atoms with van der Waals surface area (Å²) >= 11 is 4.43. The van der Waals surface area contributed by atoms with Gasteiger partial charge < -0.3 is 9.84 Å². The zero-order valence-electron chi connectivity index (χ0n) is 18.2. The minimum absolute atomic E-state index is 0.0511. The van der Waals surface area contributed by atoms with E-state index in [-0.39, 0.29) is 28.2 Å². The van der Waals surface area contributed by atoms with Gasteiger partial charge in [-0.15, -0.1) is 11.8 Å². The highest BCUT2D eigenvalue weighted by Gasteiger charge is 2.37. The number of alkyl halides is 6. The molecule has 0 aromatic heterocycles. The molecule has 0 aliphatic carbocycles. The average molecular weight is 591 g/mol. The number of carbonyl (C=O) groups is 1. The van der Waals surface area contributed by atoms with E-state index >= 15 is 0 Å². The van der Waals surface area contributed by atoms with Crippen LogP contribution >= 0.6 is 27.7 Å². The first-order chi connectivity index (χ1) is 16.9. The maximum Gasteiger partial charge on any atom is 0.417 e. The predicted molar refractivity (Wildman–Crippen MR) is 128 cm³/mol. The lowest BCUT2D eigenvalue weighted by atomic mass is 9.90. The number of carboxylic acid groups (broad SMARTS) is 1. The fourth-order valence-electron chi connectivity index (χ4n) is 3.34. The molecule has 0 saturated heterocycles. The molecule has 0 bridgehead atoms. The van der Waals surface area contributed by atoms with Crippen molar-refractivity contribution in [3.05, 3.63) is 99.5 Å². The van der Waals surface area contributed by atoms with E-state index in [2.05, 4.69) is 15.9 Å². The van der Waals surface area contributed by atoms with Crippen molar-refractivity contribution in [3.8, 4) is 5.75 Å². The Morgan fingerprint density at radius 2 is 1.42 bits per heavy atom. The third-order valence-electron chi connectivity index (χ3n) is 4.84. The number of hydrogen-bond donors (Lipinski definition) is 1. The van der Waals surface area contributed by atoms with Crippen LogP contribution in [0.4, 0.5) is 26.3 Å². The topological polar surface area (TPSA) is 46.5 Å². The number of rotatable bonds is 8. The molecule has 0 aliphatic rings. The lowest BCUT2D eigenvalue weighted by molar-refractivity contribution is -0.139. The van der Waals surface area contributed by atoms with Gasteiger partial charge in [0.05, 0.1) is 15.6 Å². The zero-order chi connectivity index (χ0) is 26.5. The quantitative estimate of drug-likeness (QED) is 0.212. The van der Waals surface area contributed by atoms with Gasteiger partial charge >= 0.3 is 18.3 Å². The number of benzene rings is 3. The molecule has 3 aromatic carbocycles. The number of ether oxygens (including phenoxy) is 1. The molecule has 190 valence electrons. The fourth-order valence-corrected chi connectivity index (χ4v) is 4.80. The van der Waals surface area contributed by atoms with Crippen molar-refractivity contribution < 1.29 is 41.0 Å². The van der Waals surface area contributed by atoms with E-state index in [1.807, 2.05) is 0 Å². The fraction of sp³-hybridized carbons (Fsp3) is 0.160. The highest BCUT2D eigenvalue weighted by Crippen LogP contribution is 2.41. The van der Waals surface area contributed by atoms with Crippen molar-refractivity contribution in [1.82, 2.24) is 0 Å². The van der Waals surface area contributed by atoms with Crippen LogP contribution < -0.4 is 4.74 Å². The van der Waals surface area contributed by atoms with Crippen LogP contribution in [0.2, 0.25) is 0 Å². The third-order valence-corrected chi connectivity index (χ3v) is 6.38. The number of aliphatic carboxylic acids is 1. The molecule has 0 unspecified atom stereocenters. The summed E-state index contributed by atoms with van der Waals surface area (Å²) in [5, 5.41) is 8.72. The van der Waals surface area contributed by atoms with Gasteiger partial charge in [-0.3, -0.25) is 0 Å². The maximum atomic E-state index is 13.7. The Morgan fingerprint density at radius 1 is 0.889 bits per heavy atom. The molecular weight excluding hydrogens is 574 g/mol. The molecule has 0 heterocycles. The number of carboxylic acids is 1. The zero-order valence-corrected chi connectivity index (χ0v) is 20.6. The highest BCUT2D eigenvalue weighted by atomic mass is 79.9. The summed E-state index contributed by atoms with van der Waals surface area (Å²) in [6, 6.07) is 13.7. The van der Waals surface area contributed by atoms with Crippen molar-refractivity contribution >= 4 is 39.2 Å². The Bertz CT molecular complexity index is 1210. The molecule has 36 heavy (non-hydrogen) atoms. The monoisotopic (exact) mass is 590 g/mol. The van der Waals surface area contributed by atoms with Crippen molar-refractivity contribution in [2.24, 2.45) is 0 Å². The van der Waals surface area contributed by atoms with E-state index < -0.39 is 36.1 Å². The first-order valence-electron chi connectivity index (χ1n) is 10.2. The minimum Gasteiger partial charge on any atom is -0.481 e. The van der Waals surface area contributed by atoms with E-state index in [4.69, 9.17) is 9.84 Å². The lowest BCUT2D eigenvalue weighted by Crippen LogP contribution is -2.12. The van der Waals surface area contributed by atoms with Crippen LogP contribution in [0.25, 0.3) is 5.57 Å². The molecule has 0 saturated carbocycles. The standard InChI is InChI=1S/C25H17BrF6O3S/c26-21-13-15(9-10-22(21)35-14-23(33)34)36-12-11-16(17-5-1-3-7-19(17)24(27,28)29)18-6-2-4-8-20(18)25(30,31)32/h1-11,13H,12,14H2,(H,33,34). The van der Waals surface area contributed by atoms with Crippen molar-refractivity contribution in [2.75, 3.05) is 12.4 Å². The smallest absolute Gasteiger partial charge is 0.417 e. The van der Waals surface area contributed by atoms with Crippen molar-refractivity contribution in [1.29, 1.82) is 0 Å². The first kappa shape index (κ1) is 27.7. The summed E-state index contributed by atoms with van der Waals surface area (Å²) in [6.07, 6.45) is -8.21. The van der Waals surface area contributed by atoms with Crippen LogP contribution in [0.5, 0.6) is 5.75 Å². The van der Waals surface area contributed by atoms with Crippen LogP contribution in [0, 0.1) is 0 Å². The minimum atomic E-state index is -4.77. The van der Waals surface area contributed by atoms with Gasteiger partial charge in [0.2, 0.25) is 0 Å². The van der Waals surface area contributed by atoms with Gasteiger partial charge in [0.1, 0.15) is 5.75 Å². The van der Waals surface area contributed by atoms with Gasteiger partial charge in [0.25, 0.3) is 0 Å². The predicted octanol–water partition coefficient (Wildman–Crippen LogP) is 8.17. The molecule has 1 N–H and O–H groups in total. The Morgan fingerprint density at radius 3 is 1.89 bits per heavy atom. The summed E-state index contributed by atoms with van der Waals surface area (Å²) in [5.41, 5.74) is -2.99. The largest absolute Gasteiger partial charge is 0.481 e. The van der Waals surface area contributed by atoms with Gasteiger partial charge in [-0.2, -0.15) is 26.3 Å². The Balaban J connectivity index is 2.01. The number of thioether (sulfide) groups is 1. The van der Waals surface area contributed by atoms with E-state index in [0.29, 0.717) is 9.37 Å². The number of hydrogen-bond acceptors (Lipinski definition) is 3. The molecule has 0 aliphatic heterocycles. The Kier molecular flexibility index (Phi) is 8.78. The molecule has 11 heteroatoms. The van der Waals surface area contributed by atoms with Gasteiger partial charge in [0, 0.05) is 10.6 Å². The average Bonchev–Trinajstić information content (AvgIpc) is 2.80. The van der Waals surface area contributed by atoms with Gasteiger partial charge in [-0.05, 0) is 63.0 Å². The number of halogens is 7. The lowest BCUT2D eigenvalue weighted by Gasteiger charge is -2.19. The molecule has 3 nitrogen and oxygen atoms in total. The summed E-state index contributed by atoms with van der Waals surface area (Å²) in [6.45, 7) is -0.547. The van der Waals surface area contributed by atoms with Crippen LogP contribution in [0.3, 0.4) is 0 Å². The molecule has 3 rings (SSSR count). The molecule has 0 atom stereocenters. The summed E-state index contributed by atoms with van der Waals surface area (Å²) in [5.74, 6) is -0.831. The summed E-state index contributed by atoms with van der Waals surface area (Å²) < 4.78 is 88.0. The summed E-state index contributed by atoms with van der Waals surface area (Å²) in [4.78, 5) is 11.3. The van der Waals surface area contributed by atoms with Crippen LogP contribution in [-0.4, -0.2) is 23.4 Å². The molecular formula is C25H17BrF6O3S. The maximum absolute atomic E-state index is 13.7. The Labute approximate surface area is 214 Å². The van der Waals surface area contributed by atoms with Gasteiger partial charge in [-0.25, -0.2) is 4.79 Å². The second-order valence-electron chi connectivity index (χ2n) is 7.29. The molecule has 0 spiro atoms. The molecule has 3 aromatic rings. The second-order valence-corrected chi connectivity index (χ2v) is 9.24. The first-order valence-corrected chi connectivity index (χ1v) is 12.0. The van der Waals surface area contributed by atoms with Crippen LogP contribution in [0.1, 0.15) is 22.3 Å². The SMILES string of the molecule is O=C(O)COc1ccc(SCC=C(c2ccccc2C(F)(F)F)c2ccccc2C(F)(F)F)cc1Br. The van der Waals surface area contributed by atoms with Crippen LogP contribution in [0.15, 0.2) is 82.2 Å². The third kappa shape index (κ3) is 7.07. The van der Waals surface area contributed by atoms with E-state index in [1.54, 1.807) is 12.1 Å². The van der Waals surface area contributed by atoms with E-state index in [0.717, 1.165) is 24.3 Å². The Hall–Kier alpha value is -2.92. The molecule has 0 radical (unpaired) electrons. The van der Waals surface area contributed by atoms with Crippen LogP contribution in [-0.2, 0) is 17.1 Å². The highest BCUT2D eigenvalue weighted by molar-refractivity contribution is 9.10. The van der Waals surface area contributed by atoms with Gasteiger partial charge in [-0.1, -0.05) is 42.5 Å². The van der Waals surface area contributed by atoms with E-state index in [1.165, 1.54) is 48.2 Å². The van der Waals surface area contributed by atoms with Crippen molar-refractivity contribution in [2.45, 2.75) is 17.2 Å². The second kappa shape index (κ2) is 11.4. The van der Waals surface area contributed by atoms with E-state index in [9.17, 15) is 31.1 Å². The molecule has 0 amide bonds.